The summed E-state index contributed by atoms with van der Waals surface area (Å²) in [7, 11) is 0. The van der Waals surface area contributed by atoms with E-state index in [0.29, 0.717) is 50.1 Å². The molecule has 1 unspecified atom stereocenters. The van der Waals surface area contributed by atoms with Gasteiger partial charge < -0.3 is 24.7 Å². The molecule has 0 bridgehead atoms. The van der Waals surface area contributed by atoms with Crippen molar-refractivity contribution in [3.63, 3.8) is 0 Å². The number of fused-ring (bicyclic) bond motifs is 1. The van der Waals surface area contributed by atoms with E-state index in [1.807, 2.05) is 19.1 Å². The number of allylic oxidation sites excluding steroid dienone is 1. The molecule has 0 spiro atoms. The fraction of sp³-hybridized carbons (Fsp3) is 0.133. The van der Waals surface area contributed by atoms with Gasteiger partial charge in [-0.05, 0) is 54.3 Å². The van der Waals surface area contributed by atoms with Gasteiger partial charge in [-0.3, -0.25) is 0 Å². The van der Waals surface area contributed by atoms with Crippen molar-refractivity contribution in [2.45, 2.75) is 19.4 Å². The van der Waals surface area contributed by atoms with Crippen LogP contribution in [-0.2, 0) is 6.61 Å². The lowest BCUT2D eigenvalue weighted by Gasteiger charge is -2.27. The van der Waals surface area contributed by atoms with Gasteiger partial charge in [-0.2, -0.15) is 5.26 Å². The first-order valence-corrected chi connectivity index (χ1v) is 13.8. The van der Waals surface area contributed by atoms with E-state index >= 15 is 0 Å². The number of benzene rings is 3. The second-order valence-corrected chi connectivity index (χ2v) is 10.4. The maximum Gasteiger partial charge on any atom is 0.353 e. The predicted molar refractivity (Wildman–Crippen MR) is 153 cm³/mol. The Morgan fingerprint density at radius 2 is 1.93 bits per heavy atom. The highest BCUT2D eigenvalue weighted by molar-refractivity contribution is 7.12. The number of nitrogens with zero attached hydrogens (tertiary/aromatic N) is 1. The van der Waals surface area contributed by atoms with Crippen molar-refractivity contribution < 1.29 is 23.7 Å². The molecule has 202 valence electrons. The number of carbonyl (C=O) groups is 1. The number of esters is 1. The lowest BCUT2D eigenvalue weighted by Crippen LogP contribution is -2.21. The van der Waals surface area contributed by atoms with Crippen LogP contribution in [0.1, 0.15) is 39.2 Å². The van der Waals surface area contributed by atoms with Crippen molar-refractivity contribution in [2.24, 2.45) is 5.73 Å². The number of ether oxygens (including phenoxy) is 4. The molecule has 1 aromatic heterocycles. The number of nitrogens with two attached hydrogens (primary N) is 1. The Balaban J connectivity index is 1.46. The number of halogens is 2. The van der Waals surface area contributed by atoms with Gasteiger partial charge >= 0.3 is 5.97 Å². The minimum absolute atomic E-state index is 0.0302. The highest BCUT2D eigenvalue weighted by Gasteiger charge is 2.32. The molecule has 0 fully saturated rings. The summed E-state index contributed by atoms with van der Waals surface area (Å²) in [6, 6.07) is 21.3. The summed E-state index contributed by atoms with van der Waals surface area (Å²) in [4.78, 5) is 12.9. The molecule has 1 aliphatic heterocycles. The van der Waals surface area contributed by atoms with E-state index in [9.17, 15) is 10.1 Å². The first kappa shape index (κ1) is 27.4. The highest BCUT2D eigenvalue weighted by atomic mass is 35.5. The SMILES string of the molecule is CCOc1cc(C2C(C#N)=C(N)Oc3cc(OC(=O)c4cccs4)ccc32)ccc1OCc1ccc(Cl)cc1Cl. The second-order valence-electron chi connectivity index (χ2n) is 8.65. The molecule has 0 aliphatic carbocycles. The molecule has 2 N–H and O–H groups in total. The molecular formula is C30H22Cl2N2O5S. The Labute approximate surface area is 244 Å². The van der Waals surface area contributed by atoms with Gasteiger partial charge in [-0.1, -0.05) is 47.5 Å². The van der Waals surface area contributed by atoms with Crippen LogP contribution in [0.5, 0.6) is 23.0 Å². The van der Waals surface area contributed by atoms with Crippen LogP contribution in [0.4, 0.5) is 0 Å². The van der Waals surface area contributed by atoms with Crippen LogP contribution < -0.4 is 24.7 Å². The quantitative estimate of drug-likeness (QED) is 0.167. The molecule has 40 heavy (non-hydrogen) atoms. The Morgan fingerprint density at radius 3 is 2.65 bits per heavy atom. The van der Waals surface area contributed by atoms with E-state index in [0.717, 1.165) is 11.1 Å². The van der Waals surface area contributed by atoms with E-state index in [2.05, 4.69) is 6.07 Å². The Kier molecular flexibility index (Phi) is 8.17. The van der Waals surface area contributed by atoms with Gasteiger partial charge in [0.15, 0.2) is 11.5 Å². The Bertz CT molecular complexity index is 1650. The van der Waals surface area contributed by atoms with Gasteiger partial charge in [0.25, 0.3) is 0 Å². The van der Waals surface area contributed by atoms with Crippen LogP contribution in [0.25, 0.3) is 0 Å². The lowest BCUT2D eigenvalue weighted by molar-refractivity contribution is 0.0739. The fourth-order valence-corrected chi connectivity index (χ4v) is 5.34. The summed E-state index contributed by atoms with van der Waals surface area (Å²) in [6.07, 6.45) is 0. The van der Waals surface area contributed by atoms with Crippen molar-refractivity contribution in [3.05, 3.63) is 115 Å². The first-order valence-electron chi connectivity index (χ1n) is 12.2. The number of hydrogen-bond donors (Lipinski definition) is 1. The van der Waals surface area contributed by atoms with E-state index in [1.54, 1.807) is 60.0 Å². The maximum atomic E-state index is 12.4. The smallest absolute Gasteiger partial charge is 0.353 e. The van der Waals surface area contributed by atoms with E-state index in [4.69, 9.17) is 47.9 Å². The van der Waals surface area contributed by atoms with Crippen LogP contribution in [0.15, 0.2) is 83.6 Å². The third-order valence-electron chi connectivity index (χ3n) is 6.12. The van der Waals surface area contributed by atoms with Crippen LogP contribution in [0.2, 0.25) is 10.0 Å². The third kappa shape index (κ3) is 5.73. The van der Waals surface area contributed by atoms with Crippen molar-refractivity contribution in [1.29, 1.82) is 5.26 Å². The summed E-state index contributed by atoms with van der Waals surface area (Å²) < 4.78 is 23.2. The topological polar surface area (TPSA) is 104 Å². The number of carbonyl (C=O) groups excluding carboxylic acids is 1. The number of rotatable bonds is 8. The number of thiophene rings is 1. The average molecular weight is 593 g/mol. The molecular weight excluding hydrogens is 571 g/mol. The van der Waals surface area contributed by atoms with Gasteiger partial charge in [-0.25, -0.2) is 4.79 Å². The minimum atomic E-state index is -0.547. The van der Waals surface area contributed by atoms with Crippen LogP contribution in [-0.4, -0.2) is 12.6 Å². The van der Waals surface area contributed by atoms with Gasteiger partial charge in [0.1, 0.15) is 34.6 Å². The minimum Gasteiger partial charge on any atom is -0.490 e. The number of nitriles is 1. The monoisotopic (exact) mass is 592 g/mol. The summed E-state index contributed by atoms with van der Waals surface area (Å²) in [6.45, 7) is 2.47. The Morgan fingerprint density at radius 1 is 1.07 bits per heavy atom. The van der Waals surface area contributed by atoms with Gasteiger partial charge in [0, 0.05) is 27.2 Å². The van der Waals surface area contributed by atoms with Crippen molar-refractivity contribution in [2.75, 3.05) is 6.61 Å². The molecule has 0 saturated carbocycles. The third-order valence-corrected chi connectivity index (χ3v) is 7.56. The maximum absolute atomic E-state index is 12.4. The molecule has 1 aliphatic rings. The zero-order valence-corrected chi connectivity index (χ0v) is 23.5. The molecule has 0 radical (unpaired) electrons. The molecule has 7 nitrogen and oxygen atoms in total. The predicted octanol–water partition coefficient (Wildman–Crippen LogP) is 7.47. The lowest BCUT2D eigenvalue weighted by atomic mass is 9.83. The fourth-order valence-electron chi connectivity index (χ4n) is 4.28. The van der Waals surface area contributed by atoms with Crippen molar-refractivity contribution in [1.82, 2.24) is 0 Å². The zero-order chi connectivity index (χ0) is 28.2. The molecule has 0 saturated heterocycles. The van der Waals surface area contributed by atoms with Gasteiger partial charge in [0.2, 0.25) is 5.88 Å². The highest BCUT2D eigenvalue weighted by Crippen LogP contribution is 2.45. The molecule has 0 amide bonds. The van der Waals surface area contributed by atoms with Crippen molar-refractivity contribution in [3.8, 4) is 29.1 Å². The summed E-state index contributed by atoms with van der Waals surface area (Å²) in [5.74, 6) is 0.635. The second kappa shape index (κ2) is 11.9. The largest absolute Gasteiger partial charge is 0.490 e. The van der Waals surface area contributed by atoms with Gasteiger partial charge in [0.05, 0.1) is 12.5 Å². The molecule has 2 heterocycles. The molecule has 4 aromatic rings. The van der Waals surface area contributed by atoms with E-state index in [1.165, 1.54) is 11.3 Å². The Hall–Kier alpha value is -4.16. The molecule has 3 aromatic carbocycles. The van der Waals surface area contributed by atoms with Crippen LogP contribution >= 0.6 is 34.5 Å². The summed E-state index contributed by atoms with van der Waals surface area (Å²) >= 11 is 13.6. The molecule has 5 rings (SSSR count). The van der Waals surface area contributed by atoms with Crippen LogP contribution in [0, 0.1) is 11.3 Å². The van der Waals surface area contributed by atoms with Crippen LogP contribution in [0.3, 0.4) is 0 Å². The normalized spacial score (nSPS) is 14.1. The van der Waals surface area contributed by atoms with E-state index in [-0.39, 0.29) is 18.1 Å². The summed E-state index contributed by atoms with van der Waals surface area (Å²) in [5, 5.41) is 12.8. The van der Waals surface area contributed by atoms with Crippen molar-refractivity contribution >= 4 is 40.5 Å². The standard InChI is InChI=1S/C30H22Cl2N2O5S/c1-2-36-26-12-17(6-10-24(26)37-16-18-5-7-19(31)13-23(18)32)28-21-9-8-20(38-30(35)27-4-3-11-40-27)14-25(21)39-29(34)22(28)15-33/h3-14,28H,2,16,34H2,1H3. The molecule has 1 atom stereocenters. The van der Waals surface area contributed by atoms with Gasteiger partial charge in [-0.15, -0.1) is 11.3 Å². The summed E-state index contributed by atoms with van der Waals surface area (Å²) in [5.41, 5.74) is 8.63. The van der Waals surface area contributed by atoms with E-state index < -0.39 is 11.9 Å². The number of hydrogen-bond acceptors (Lipinski definition) is 8. The molecule has 10 heteroatoms. The zero-order valence-electron chi connectivity index (χ0n) is 21.1. The first-order chi connectivity index (χ1) is 19.4. The average Bonchev–Trinajstić information content (AvgIpc) is 3.48.